The zero-order valence-corrected chi connectivity index (χ0v) is 13.7. The Balaban J connectivity index is 1.96. The van der Waals surface area contributed by atoms with Crippen molar-refractivity contribution in [3.8, 4) is 0 Å². The Kier molecular flexibility index (Phi) is 4.76. The van der Waals surface area contributed by atoms with Gasteiger partial charge in [0.05, 0.1) is 21.6 Å². The van der Waals surface area contributed by atoms with Crippen LogP contribution in [0.25, 0.3) is 10.9 Å². The number of halogens is 3. The van der Waals surface area contributed by atoms with Gasteiger partial charge in [0.25, 0.3) is 11.6 Å². The Morgan fingerprint density at radius 3 is 2.48 bits per heavy atom. The molecule has 0 aliphatic carbocycles. The molecule has 0 fully saturated rings. The molecule has 1 amide bonds. The molecule has 0 saturated heterocycles. The van der Waals surface area contributed by atoms with Crippen molar-refractivity contribution in [2.45, 2.75) is 12.7 Å². The summed E-state index contributed by atoms with van der Waals surface area (Å²) in [5.74, 6) is -1.02. The second-order valence-electron chi connectivity index (χ2n) is 5.63. The van der Waals surface area contributed by atoms with E-state index < -0.39 is 28.1 Å². The number of para-hydroxylation sites is 2. The lowest BCUT2D eigenvalue weighted by Gasteiger charge is -2.15. The molecule has 1 N–H and O–H groups in total. The normalized spacial score (nSPS) is 11.4. The number of carbonyl (C=O) groups excluding carboxylic acids is 1. The Morgan fingerprint density at radius 2 is 1.78 bits per heavy atom. The maximum absolute atomic E-state index is 13.6. The van der Waals surface area contributed by atoms with Crippen LogP contribution in [0.2, 0.25) is 0 Å². The molecule has 0 spiro atoms. The monoisotopic (exact) mass is 375 g/mol. The largest absolute Gasteiger partial charge is 0.417 e. The Morgan fingerprint density at radius 1 is 1.11 bits per heavy atom. The molecule has 1 heterocycles. The van der Waals surface area contributed by atoms with E-state index in [-0.39, 0.29) is 28.7 Å². The first-order valence-corrected chi connectivity index (χ1v) is 7.74. The van der Waals surface area contributed by atoms with Gasteiger partial charge >= 0.3 is 6.18 Å². The lowest BCUT2D eigenvalue weighted by atomic mass is 10.0. The predicted molar refractivity (Wildman–Crippen MR) is 91.0 cm³/mol. The van der Waals surface area contributed by atoms with E-state index in [9.17, 15) is 28.1 Å². The van der Waals surface area contributed by atoms with Gasteiger partial charge in [-0.25, -0.2) is 0 Å². The van der Waals surface area contributed by atoms with Crippen molar-refractivity contribution in [1.82, 2.24) is 10.3 Å². The number of rotatable bonds is 4. The number of hydrogen-bond donors (Lipinski definition) is 1. The van der Waals surface area contributed by atoms with E-state index in [1.54, 1.807) is 6.07 Å². The van der Waals surface area contributed by atoms with Crippen molar-refractivity contribution >= 4 is 22.5 Å². The maximum atomic E-state index is 13.6. The molecule has 3 rings (SSSR count). The van der Waals surface area contributed by atoms with Crippen LogP contribution in [0.4, 0.5) is 18.9 Å². The number of aromatic nitrogens is 1. The van der Waals surface area contributed by atoms with Crippen LogP contribution in [0.3, 0.4) is 0 Å². The summed E-state index contributed by atoms with van der Waals surface area (Å²) in [6, 6.07) is 11.3. The molecule has 0 radical (unpaired) electrons. The van der Waals surface area contributed by atoms with Gasteiger partial charge in [-0.05, 0) is 6.07 Å². The first kappa shape index (κ1) is 18.3. The minimum absolute atomic E-state index is 0.111. The van der Waals surface area contributed by atoms with E-state index in [4.69, 9.17) is 0 Å². The van der Waals surface area contributed by atoms with Gasteiger partial charge in [0.1, 0.15) is 0 Å². The van der Waals surface area contributed by atoms with Gasteiger partial charge in [-0.2, -0.15) is 13.2 Å². The molecule has 0 saturated carbocycles. The number of carbonyl (C=O) groups is 1. The summed E-state index contributed by atoms with van der Waals surface area (Å²) < 4.78 is 40.7. The minimum atomic E-state index is -4.77. The summed E-state index contributed by atoms with van der Waals surface area (Å²) in [7, 11) is 0. The van der Waals surface area contributed by atoms with Crippen molar-refractivity contribution in [3.05, 3.63) is 81.5 Å². The topological polar surface area (TPSA) is 85.1 Å². The summed E-state index contributed by atoms with van der Waals surface area (Å²) in [6.07, 6.45) is -3.91. The van der Waals surface area contributed by atoms with E-state index in [0.717, 1.165) is 6.20 Å². The summed E-state index contributed by atoms with van der Waals surface area (Å²) in [6.45, 7) is -0.292. The van der Waals surface area contributed by atoms with Crippen LogP contribution in [0, 0.1) is 10.1 Å². The number of nitrogens with zero attached hydrogens (tertiary/aromatic N) is 2. The number of nitro groups is 1. The Bertz CT molecular complexity index is 1040. The quantitative estimate of drug-likeness (QED) is 0.550. The molecule has 0 aliphatic heterocycles. The molecule has 0 bridgehead atoms. The van der Waals surface area contributed by atoms with E-state index in [0.29, 0.717) is 0 Å². The summed E-state index contributed by atoms with van der Waals surface area (Å²) >= 11 is 0. The van der Waals surface area contributed by atoms with Crippen molar-refractivity contribution in [3.63, 3.8) is 0 Å². The zero-order valence-electron chi connectivity index (χ0n) is 13.7. The number of amides is 1. The van der Waals surface area contributed by atoms with E-state index >= 15 is 0 Å². The highest BCUT2D eigenvalue weighted by atomic mass is 19.4. The SMILES string of the molecule is O=C(NCc1ccccc1[N+](=O)[O-])c1cnc2ccccc2c1C(F)(F)F. The van der Waals surface area contributed by atoms with Crippen LogP contribution >= 0.6 is 0 Å². The number of fused-ring (bicyclic) bond motifs is 1. The van der Waals surface area contributed by atoms with Crippen molar-refractivity contribution in [1.29, 1.82) is 0 Å². The Hall–Kier alpha value is -3.49. The van der Waals surface area contributed by atoms with Crippen LogP contribution in [-0.4, -0.2) is 15.8 Å². The third-order valence-electron chi connectivity index (χ3n) is 3.93. The van der Waals surface area contributed by atoms with Gasteiger partial charge in [0, 0.05) is 29.8 Å². The van der Waals surface area contributed by atoms with Gasteiger partial charge in [-0.15, -0.1) is 0 Å². The van der Waals surface area contributed by atoms with Gasteiger partial charge in [0.15, 0.2) is 0 Å². The third kappa shape index (κ3) is 3.71. The fourth-order valence-electron chi connectivity index (χ4n) is 2.73. The second kappa shape index (κ2) is 7.02. The molecule has 3 aromatic rings. The number of alkyl halides is 3. The fourth-order valence-corrected chi connectivity index (χ4v) is 2.73. The fraction of sp³-hybridized carbons (Fsp3) is 0.111. The lowest BCUT2D eigenvalue weighted by molar-refractivity contribution is -0.385. The molecule has 27 heavy (non-hydrogen) atoms. The van der Waals surface area contributed by atoms with Crippen molar-refractivity contribution in [2.24, 2.45) is 0 Å². The standard InChI is InChI=1S/C18H12F3N3O3/c19-18(20,21)16-12-6-2-3-7-14(12)22-10-13(16)17(25)23-9-11-5-1-4-8-15(11)24(26)27/h1-8,10H,9H2,(H,23,25). The highest BCUT2D eigenvalue weighted by Crippen LogP contribution is 2.36. The minimum Gasteiger partial charge on any atom is -0.348 e. The maximum Gasteiger partial charge on any atom is 0.417 e. The van der Waals surface area contributed by atoms with E-state index in [1.165, 1.54) is 42.5 Å². The number of pyridine rings is 1. The van der Waals surface area contributed by atoms with Gasteiger partial charge in [-0.3, -0.25) is 19.9 Å². The molecule has 1 aromatic heterocycles. The highest BCUT2D eigenvalue weighted by molar-refractivity contribution is 6.00. The third-order valence-corrected chi connectivity index (χ3v) is 3.93. The summed E-state index contributed by atoms with van der Waals surface area (Å²) in [4.78, 5) is 26.7. The average Bonchev–Trinajstić information content (AvgIpc) is 2.64. The summed E-state index contributed by atoms with van der Waals surface area (Å²) in [5, 5.41) is 13.1. The first-order chi connectivity index (χ1) is 12.8. The molecular weight excluding hydrogens is 363 g/mol. The van der Waals surface area contributed by atoms with Crippen LogP contribution in [-0.2, 0) is 12.7 Å². The number of nitrogens with one attached hydrogen (secondary N) is 1. The van der Waals surface area contributed by atoms with Gasteiger partial charge in [-0.1, -0.05) is 36.4 Å². The van der Waals surface area contributed by atoms with Crippen molar-refractivity contribution in [2.75, 3.05) is 0 Å². The molecule has 9 heteroatoms. The summed E-state index contributed by atoms with van der Waals surface area (Å²) in [5.41, 5.74) is -1.67. The van der Waals surface area contributed by atoms with Crippen LogP contribution in [0.5, 0.6) is 0 Å². The molecule has 0 aliphatic rings. The van der Waals surface area contributed by atoms with Crippen LogP contribution < -0.4 is 5.32 Å². The lowest BCUT2D eigenvalue weighted by Crippen LogP contribution is -2.26. The molecule has 0 atom stereocenters. The van der Waals surface area contributed by atoms with Crippen LogP contribution in [0.15, 0.2) is 54.7 Å². The smallest absolute Gasteiger partial charge is 0.348 e. The molecule has 2 aromatic carbocycles. The highest BCUT2D eigenvalue weighted by Gasteiger charge is 2.37. The number of hydrogen-bond acceptors (Lipinski definition) is 4. The van der Waals surface area contributed by atoms with E-state index in [1.807, 2.05) is 0 Å². The second-order valence-corrected chi connectivity index (χ2v) is 5.63. The van der Waals surface area contributed by atoms with E-state index in [2.05, 4.69) is 10.3 Å². The van der Waals surface area contributed by atoms with Gasteiger partial charge in [0.2, 0.25) is 0 Å². The first-order valence-electron chi connectivity index (χ1n) is 7.74. The number of benzene rings is 2. The Labute approximate surface area is 150 Å². The molecule has 0 unspecified atom stereocenters. The molecular formula is C18H12F3N3O3. The van der Waals surface area contributed by atoms with Crippen LogP contribution in [0.1, 0.15) is 21.5 Å². The van der Waals surface area contributed by atoms with Gasteiger partial charge < -0.3 is 5.32 Å². The van der Waals surface area contributed by atoms with Crippen molar-refractivity contribution < 1.29 is 22.9 Å². The zero-order chi connectivity index (χ0) is 19.6. The number of nitro benzene ring substituents is 1. The molecule has 138 valence electrons. The average molecular weight is 375 g/mol. The predicted octanol–water partition coefficient (Wildman–Crippen LogP) is 4.09. The molecule has 6 nitrogen and oxygen atoms in total.